The molecule has 0 aliphatic rings. The largest absolute Gasteiger partial charge is 0.447 e. The lowest BCUT2D eigenvalue weighted by Gasteiger charge is -2.17. The highest BCUT2D eigenvalue weighted by atomic mass is 32.1. The molecule has 7 nitrogen and oxygen atoms in total. The maximum atomic E-state index is 12.5. The van der Waals surface area contributed by atoms with E-state index in [1.807, 2.05) is 13.8 Å². The number of hydrogen-bond acceptors (Lipinski definition) is 6. The highest BCUT2D eigenvalue weighted by molar-refractivity contribution is 7.12. The lowest BCUT2D eigenvalue weighted by Crippen LogP contribution is -2.42. The Hall–Kier alpha value is -3.00. The molecule has 0 bridgehead atoms. The number of amides is 3. The number of hydrogen-bond donors (Lipinski definition) is 2. The summed E-state index contributed by atoms with van der Waals surface area (Å²) in [5, 5.41) is 4.60. The van der Waals surface area contributed by atoms with Gasteiger partial charge in [0.2, 0.25) is 6.10 Å². The molecule has 2 rings (SSSR count). The molecular formula is C21H24N2O5S. The molecule has 0 aliphatic carbocycles. The predicted molar refractivity (Wildman–Crippen MR) is 110 cm³/mol. The van der Waals surface area contributed by atoms with Gasteiger partial charge in [-0.25, -0.2) is 4.79 Å². The van der Waals surface area contributed by atoms with Crippen LogP contribution in [0.4, 0.5) is 4.79 Å². The molecule has 1 aromatic heterocycles. The molecule has 1 aromatic carbocycles. The molecule has 0 radical (unpaired) electrons. The molecule has 0 unspecified atom stereocenters. The second-order valence-corrected chi connectivity index (χ2v) is 7.84. The van der Waals surface area contributed by atoms with E-state index in [1.165, 1.54) is 11.3 Å². The molecule has 8 heteroatoms. The molecule has 2 aromatic rings. The van der Waals surface area contributed by atoms with Crippen molar-refractivity contribution in [2.24, 2.45) is 0 Å². The Kier molecular flexibility index (Phi) is 8.09. The van der Waals surface area contributed by atoms with Crippen molar-refractivity contribution in [3.8, 4) is 0 Å². The monoisotopic (exact) mass is 416 g/mol. The van der Waals surface area contributed by atoms with Crippen molar-refractivity contribution in [3.05, 3.63) is 57.3 Å². The van der Waals surface area contributed by atoms with Crippen LogP contribution in [0.3, 0.4) is 0 Å². The van der Waals surface area contributed by atoms with Crippen LogP contribution in [0.15, 0.2) is 36.4 Å². The Labute approximate surface area is 173 Å². The summed E-state index contributed by atoms with van der Waals surface area (Å²) in [4.78, 5) is 50.7. The van der Waals surface area contributed by atoms with Gasteiger partial charge in [0.25, 0.3) is 5.91 Å². The van der Waals surface area contributed by atoms with Crippen LogP contribution in [0.2, 0.25) is 0 Å². The van der Waals surface area contributed by atoms with Crippen LogP contribution >= 0.6 is 11.3 Å². The minimum atomic E-state index is -1.29. The Balaban J connectivity index is 2.03. The van der Waals surface area contributed by atoms with Crippen LogP contribution in [-0.4, -0.2) is 30.2 Å². The molecule has 1 heterocycles. The lowest BCUT2D eigenvalue weighted by atomic mass is 10.1. The van der Waals surface area contributed by atoms with Gasteiger partial charge in [0.05, 0.1) is 6.42 Å². The fourth-order valence-electron chi connectivity index (χ4n) is 2.73. The maximum absolute atomic E-state index is 12.5. The zero-order chi connectivity index (χ0) is 21.4. The van der Waals surface area contributed by atoms with E-state index in [0.29, 0.717) is 17.7 Å². The third-order valence-corrected chi connectivity index (χ3v) is 5.03. The standard InChI is InChI=1S/C21H24N2O5S/c1-4-22-21(27)23-20(26)19(15-8-6-5-7-9-15)28-18(25)11-10-17(24)16-12-13(2)29-14(16)3/h5-9,12,19H,4,10-11H2,1-3H3,(H2,22,23,26,27)/t19-/m0/s1. The first-order chi connectivity index (χ1) is 13.8. The van der Waals surface area contributed by atoms with Crippen molar-refractivity contribution in [1.29, 1.82) is 0 Å². The normalized spacial score (nSPS) is 11.4. The highest BCUT2D eigenvalue weighted by Gasteiger charge is 2.26. The van der Waals surface area contributed by atoms with E-state index in [2.05, 4.69) is 10.6 Å². The maximum Gasteiger partial charge on any atom is 0.321 e. The number of benzene rings is 1. The smallest absolute Gasteiger partial charge is 0.321 e. The number of ether oxygens (including phenoxy) is 1. The summed E-state index contributed by atoms with van der Waals surface area (Å²) in [6, 6.07) is 9.53. The van der Waals surface area contributed by atoms with Gasteiger partial charge < -0.3 is 10.1 Å². The van der Waals surface area contributed by atoms with Crippen LogP contribution in [0.1, 0.15) is 51.5 Å². The van der Waals surface area contributed by atoms with Crippen LogP contribution in [0.5, 0.6) is 0 Å². The minimum Gasteiger partial charge on any atom is -0.447 e. The van der Waals surface area contributed by atoms with Gasteiger partial charge in [0.15, 0.2) is 5.78 Å². The molecule has 0 spiro atoms. The number of Topliss-reactive ketones (excluding diaryl/α,β-unsaturated/α-hetero) is 1. The Morgan fingerprint density at radius 2 is 1.76 bits per heavy atom. The zero-order valence-corrected chi connectivity index (χ0v) is 17.4. The molecule has 0 aliphatic heterocycles. The van der Waals surface area contributed by atoms with Gasteiger partial charge >= 0.3 is 12.0 Å². The number of nitrogens with one attached hydrogen (secondary N) is 2. The summed E-state index contributed by atoms with van der Waals surface area (Å²) in [5.74, 6) is -1.60. The molecule has 2 N–H and O–H groups in total. The topological polar surface area (TPSA) is 102 Å². The zero-order valence-electron chi connectivity index (χ0n) is 16.6. The predicted octanol–water partition coefficient (Wildman–Crippen LogP) is 3.46. The molecule has 3 amide bonds. The fourth-order valence-corrected chi connectivity index (χ4v) is 3.67. The number of imide groups is 1. The van der Waals surface area contributed by atoms with E-state index in [-0.39, 0.29) is 18.6 Å². The Bertz CT molecular complexity index is 892. The summed E-state index contributed by atoms with van der Waals surface area (Å²) in [7, 11) is 0. The average molecular weight is 416 g/mol. The number of ketones is 1. The summed E-state index contributed by atoms with van der Waals surface area (Å²) in [6.45, 7) is 5.84. The van der Waals surface area contributed by atoms with E-state index in [9.17, 15) is 19.2 Å². The average Bonchev–Trinajstić information content (AvgIpc) is 3.03. The number of thiophene rings is 1. The molecule has 154 valence electrons. The molecule has 0 saturated carbocycles. The van der Waals surface area contributed by atoms with E-state index in [0.717, 1.165) is 9.75 Å². The van der Waals surface area contributed by atoms with E-state index in [1.54, 1.807) is 43.3 Å². The van der Waals surface area contributed by atoms with Crippen LogP contribution in [0.25, 0.3) is 0 Å². The van der Waals surface area contributed by atoms with Crippen molar-refractivity contribution >= 4 is 35.0 Å². The minimum absolute atomic E-state index is 0.0186. The first-order valence-corrected chi connectivity index (χ1v) is 10.1. The third-order valence-electron chi connectivity index (χ3n) is 4.06. The van der Waals surface area contributed by atoms with Crippen LogP contribution in [0, 0.1) is 13.8 Å². The van der Waals surface area contributed by atoms with Crippen LogP contribution < -0.4 is 10.6 Å². The van der Waals surface area contributed by atoms with Gasteiger partial charge in [-0.1, -0.05) is 30.3 Å². The van der Waals surface area contributed by atoms with Crippen molar-refractivity contribution < 1.29 is 23.9 Å². The second kappa shape index (κ2) is 10.5. The van der Waals surface area contributed by atoms with Crippen molar-refractivity contribution in [2.45, 2.75) is 39.7 Å². The summed E-state index contributed by atoms with van der Waals surface area (Å²) in [6.07, 6.45) is -1.47. The number of rotatable bonds is 8. The lowest BCUT2D eigenvalue weighted by molar-refractivity contribution is -0.156. The Morgan fingerprint density at radius 3 is 2.34 bits per heavy atom. The summed E-state index contributed by atoms with van der Waals surface area (Å²) in [5.41, 5.74) is 1.03. The van der Waals surface area contributed by atoms with E-state index in [4.69, 9.17) is 4.74 Å². The number of urea groups is 1. The van der Waals surface area contributed by atoms with E-state index < -0.39 is 24.0 Å². The molecule has 29 heavy (non-hydrogen) atoms. The third kappa shape index (κ3) is 6.53. The first-order valence-electron chi connectivity index (χ1n) is 9.25. The highest BCUT2D eigenvalue weighted by Crippen LogP contribution is 2.23. The summed E-state index contributed by atoms with van der Waals surface area (Å²) < 4.78 is 5.32. The number of carbonyl (C=O) groups is 4. The molecule has 0 fully saturated rings. The first kappa shape index (κ1) is 22.3. The summed E-state index contributed by atoms with van der Waals surface area (Å²) >= 11 is 1.53. The Morgan fingerprint density at radius 1 is 1.07 bits per heavy atom. The van der Waals surface area contributed by atoms with Crippen LogP contribution in [-0.2, 0) is 14.3 Å². The number of aryl methyl sites for hydroxylation is 2. The van der Waals surface area contributed by atoms with E-state index >= 15 is 0 Å². The van der Waals surface area contributed by atoms with Crippen molar-refractivity contribution in [3.63, 3.8) is 0 Å². The van der Waals surface area contributed by atoms with Crippen molar-refractivity contribution in [1.82, 2.24) is 10.6 Å². The molecule has 0 saturated heterocycles. The van der Waals surface area contributed by atoms with Gasteiger partial charge in [-0.15, -0.1) is 11.3 Å². The second-order valence-electron chi connectivity index (χ2n) is 6.38. The molecule has 1 atom stereocenters. The molecular weight excluding hydrogens is 392 g/mol. The van der Waals surface area contributed by atoms with Gasteiger partial charge in [0.1, 0.15) is 0 Å². The van der Waals surface area contributed by atoms with Gasteiger partial charge in [0, 0.05) is 33.8 Å². The SMILES string of the molecule is CCNC(=O)NC(=O)[C@@H](OC(=O)CCC(=O)c1cc(C)sc1C)c1ccccc1. The van der Waals surface area contributed by atoms with Gasteiger partial charge in [-0.3, -0.25) is 19.7 Å². The number of esters is 1. The van der Waals surface area contributed by atoms with Gasteiger partial charge in [-0.2, -0.15) is 0 Å². The fraction of sp³-hybridized carbons (Fsp3) is 0.333. The number of carbonyl (C=O) groups excluding carboxylic acids is 4. The quantitative estimate of drug-likeness (QED) is 0.507. The van der Waals surface area contributed by atoms with Crippen molar-refractivity contribution in [2.75, 3.05) is 6.54 Å². The van der Waals surface area contributed by atoms with Gasteiger partial charge in [-0.05, 0) is 26.8 Å².